The van der Waals surface area contributed by atoms with E-state index in [-0.39, 0.29) is 5.82 Å². The van der Waals surface area contributed by atoms with Gasteiger partial charge in [-0.25, -0.2) is 4.39 Å². The third-order valence-corrected chi connectivity index (χ3v) is 2.60. The quantitative estimate of drug-likeness (QED) is 0.556. The van der Waals surface area contributed by atoms with Gasteiger partial charge in [-0.1, -0.05) is 22.6 Å². The van der Waals surface area contributed by atoms with E-state index in [0.29, 0.717) is 0 Å². The molecule has 0 radical (unpaired) electrons. The molecule has 0 aliphatic heterocycles. The number of nitrogens with zero attached hydrogens (tertiary/aromatic N) is 1. The van der Waals surface area contributed by atoms with Gasteiger partial charge in [0.15, 0.2) is 0 Å². The minimum Gasteiger partial charge on any atom is -0.338 e. The van der Waals surface area contributed by atoms with Gasteiger partial charge >= 0.3 is 0 Å². The van der Waals surface area contributed by atoms with E-state index in [2.05, 4.69) is 27.2 Å². The van der Waals surface area contributed by atoms with E-state index in [1.807, 2.05) is 18.3 Å². The van der Waals surface area contributed by atoms with Gasteiger partial charge in [-0.3, -0.25) is 0 Å². The van der Waals surface area contributed by atoms with Gasteiger partial charge < -0.3 is 4.57 Å². The maximum Gasteiger partial charge on any atom is 0.123 e. The predicted molar refractivity (Wildman–Crippen MR) is 55.9 cm³/mol. The summed E-state index contributed by atoms with van der Waals surface area (Å²) in [6, 6.07) is 6.78. The van der Waals surface area contributed by atoms with Gasteiger partial charge in [0.25, 0.3) is 0 Å². The largest absolute Gasteiger partial charge is 0.338 e. The zero-order valence-electron chi connectivity index (χ0n) is 6.30. The molecule has 0 unspecified atom stereocenters. The fourth-order valence-electron chi connectivity index (χ4n) is 1.28. The highest BCUT2D eigenvalue weighted by Crippen LogP contribution is 2.17. The molecule has 0 bridgehead atoms. The molecule has 12 heavy (non-hydrogen) atoms. The number of benzene rings is 1. The Morgan fingerprint density at radius 2 is 2.17 bits per heavy atom. The van der Waals surface area contributed by atoms with Crippen molar-refractivity contribution in [2.75, 3.05) is 0 Å². The summed E-state index contributed by atoms with van der Waals surface area (Å²) < 4.78 is 15.7. The highest BCUT2D eigenvalue weighted by Gasteiger charge is 1.99. The standard InChI is InChI=1S/C9H7FIN/c10-8-1-2-9-7(5-8)3-4-12(9)6-11/h1-5H,6H2. The molecule has 1 aromatic carbocycles. The maximum atomic E-state index is 12.7. The van der Waals surface area contributed by atoms with Crippen molar-refractivity contribution in [1.82, 2.24) is 4.57 Å². The SMILES string of the molecule is Fc1ccc2c(ccn2CI)c1. The Morgan fingerprint density at radius 3 is 2.92 bits per heavy atom. The van der Waals surface area contributed by atoms with Crippen LogP contribution in [0, 0.1) is 5.82 Å². The molecule has 1 aromatic heterocycles. The Labute approximate surface area is 83.3 Å². The Bertz CT molecular complexity index is 408. The molecule has 2 aromatic rings. The maximum absolute atomic E-state index is 12.7. The van der Waals surface area contributed by atoms with Crippen LogP contribution in [0.25, 0.3) is 10.9 Å². The Morgan fingerprint density at radius 1 is 1.33 bits per heavy atom. The first-order valence-corrected chi connectivity index (χ1v) is 5.14. The van der Waals surface area contributed by atoms with Gasteiger partial charge in [0.2, 0.25) is 0 Å². The molecule has 0 fully saturated rings. The molecular formula is C9H7FIN. The van der Waals surface area contributed by atoms with Crippen LogP contribution in [-0.4, -0.2) is 4.57 Å². The van der Waals surface area contributed by atoms with Crippen LogP contribution in [0.2, 0.25) is 0 Å². The summed E-state index contributed by atoms with van der Waals surface area (Å²) in [4.78, 5) is 0. The van der Waals surface area contributed by atoms with E-state index >= 15 is 0 Å². The van der Waals surface area contributed by atoms with Gasteiger partial charge in [-0.2, -0.15) is 0 Å². The first-order valence-electron chi connectivity index (χ1n) is 3.61. The summed E-state index contributed by atoms with van der Waals surface area (Å²) in [5.41, 5.74) is 1.09. The summed E-state index contributed by atoms with van der Waals surface area (Å²) in [5, 5.41) is 0.965. The predicted octanol–water partition coefficient (Wildman–Crippen LogP) is 3.17. The molecule has 3 heteroatoms. The Kier molecular flexibility index (Phi) is 2.04. The minimum absolute atomic E-state index is 0.172. The number of aromatic nitrogens is 1. The molecule has 0 spiro atoms. The van der Waals surface area contributed by atoms with Gasteiger partial charge in [-0.15, -0.1) is 0 Å². The van der Waals surface area contributed by atoms with E-state index in [0.717, 1.165) is 15.5 Å². The lowest BCUT2D eigenvalue weighted by atomic mass is 10.2. The zero-order chi connectivity index (χ0) is 8.55. The molecule has 0 saturated heterocycles. The lowest BCUT2D eigenvalue weighted by Crippen LogP contribution is -1.87. The topological polar surface area (TPSA) is 4.93 Å². The van der Waals surface area contributed by atoms with Crippen molar-refractivity contribution in [2.45, 2.75) is 4.55 Å². The summed E-state index contributed by atoms with van der Waals surface area (Å²) >= 11 is 2.28. The van der Waals surface area contributed by atoms with E-state index in [1.54, 1.807) is 6.07 Å². The van der Waals surface area contributed by atoms with Crippen molar-refractivity contribution in [2.24, 2.45) is 0 Å². The third-order valence-electron chi connectivity index (χ3n) is 1.86. The lowest BCUT2D eigenvalue weighted by Gasteiger charge is -1.97. The van der Waals surface area contributed by atoms with Crippen LogP contribution in [0.1, 0.15) is 0 Å². The van der Waals surface area contributed by atoms with E-state index in [9.17, 15) is 4.39 Å². The smallest absolute Gasteiger partial charge is 0.123 e. The number of rotatable bonds is 1. The minimum atomic E-state index is -0.172. The average molecular weight is 275 g/mol. The zero-order valence-corrected chi connectivity index (χ0v) is 8.45. The molecule has 0 aliphatic rings. The van der Waals surface area contributed by atoms with Crippen molar-refractivity contribution < 1.29 is 4.39 Å². The molecule has 2 rings (SSSR count). The monoisotopic (exact) mass is 275 g/mol. The first kappa shape index (κ1) is 8.04. The second kappa shape index (κ2) is 3.05. The van der Waals surface area contributed by atoms with Crippen LogP contribution in [0.5, 0.6) is 0 Å². The Hall–Kier alpha value is -0.580. The first-order chi connectivity index (χ1) is 5.81. The number of hydrogen-bond acceptors (Lipinski definition) is 0. The highest BCUT2D eigenvalue weighted by atomic mass is 127. The normalized spacial score (nSPS) is 10.8. The molecular weight excluding hydrogens is 268 g/mol. The van der Waals surface area contributed by atoms with E-state index in [4.69, 9.17) is 0 Å². The molecule has 0 amide bonds. The number of alkyl halides is 1. The Balaban J connectivity index is 2.73. The summed E-state index contributed by atoms with van der Waals surface area (Å²) in [5.74, 6) is -0.172. The van der Waals surface area contributed by atoms with Gasteiger partial charge in [-0.05, 0) is 24.3 Å². The molecule has 0 aliphatic carbocycles. The second-order valence-electron chi connectivity index (χ2n) is 2.61. The van der Waals surface area contributed by atoms with Crippen LogP contribution in [-0.2, 0) is 4.55 Å². The molecule has 1 nitrogen and oxygen atoms in total. The third kappa shape index (κ3) is 1.22. The van der Waals surface area contributed by atoms with Gasteiger partial charge in [0.05, 0.1) is 4.55 Å². The number of fused-ring (bicyclic) bond motifs is 1. The fraction of sp³-hybridized carbons (Fsp3) is 0.111. The van der Waals surface area contributed by atoms with Crippen LogP contribution in [0.15, 0.2) is 30.5 Å². The number of hydrogen-bond donors (Lipinski definition) is 0. The van der Waals surface area contributed by atoms with Crippen molar-refractivity contribution in [1.29, 1.82) is 0 Å². The average Bonchev–Trinajstić information content (AvgIpc) is 2.46. The second-order valence-corrected chi connectivity index (χ2v) is 3.29. The molecule has 0 N–H and O–H groups in total. The van der Waals surface area contributed by atoms with Crippen molar-refractivity contribution in [3.8, 4) is 0 Å². The van der Waals surface area contributed by atoms with E-state index in [1.165, 1.54) is 6.07 Å². The van der Waals surface area contributed by atoms with Crippen molar-refractivity contribution in [3.05, 3.63) is 36.3 Å². The summed E-state index contributed by atoms with van der Waals surface area (Å²) in [6.07, 6.45) is 1.97. The van der Waals surface area contributed by atoms with Crippen LogP contribution in [0.4, 0.5) is 4.39 Å². The van der Waals surface area contributed by atoms with Gasteiger partial charge in [0.1, 0.15) is 5.82 Å². The van der Waals surface area contributed by atoms with Crippen LogP contribution in [0.3, 0.4) is 0 Å². The molecule has 1 heterocycles. The fourth-order valence-corrected chi connectivity index (χ4v) is 1.87. The molecule has 62 valence electrons. The van der Waals surface area contributed by atoms with E-state index < -0.39 is 0 Å². The highest BCUT2D eigenvalue weighted by molar-refractivity contribution is 14.1. The summed E-state index contributed by atoms with van der Waals surface area (Å²) in [7, 11) is 0. The van der Waals surface area contributed by atoms with Crippen LogP contribution < -0.4 is 0 Å². The number of halogens is 2. The summed E-state index contributed by atoms with van der Waals surface area (Å²) in [6.45, 7) is 0. The van der Waals surface area contributed by atoms with Crippen molar-refractivity contribution in [3.63, 3.8) is 0 Å². The van der Waals surface area contributed by atoms with Crippen molar-refractivity contribution >= 4 is 33.5 Å². The lowest BCUT2D eigenvalue weighted by molar-refractivity contribution is 0.629. The van der Waals surface area contributed by atoms with Gasteiger partial charge in [0, 0.05) is 17.1 Å². The molecule has 0 saturated carbocycles. The molecule has 0 atom stereocenters. The van der Waals surface area contributed by atoms with Crippen LogP contribution >= 0.6 is 22.6 Å².